The molecule has 1 aliphatic carbocycles. The molecule has 1 saturated heterocycles. The van der Waals surface area contributed by atoms with Crippen LogP contribution in [0.1, 0.15) is 32.1 Å². The van der Waals surface area contributed by atoms with Crippen molar-refractivity contribution < 1.29 is 13.2 Å². The number of nitrogens with two attached hydrogens (primary N) is 1. The maximum absolute atomic E-state index is 11.2. The van der Waals surface area contributed by atoms with Crippen molar-refractivity contribution in [2.45, 2.75) is 37.4 Å². The van der Waals surface area contributed by atoms with Crippen LogP contribution in [0.3, 0.4) is 0 Å². The van der Waals surface area contributed by atoms with Gasteiger partial charge in [0.15, 0.2) is 0 Å². The molecule has 0 aromatic carbocycles. The van der Waals surface area contributed by atoms with Crippen LogP contribution >= 0.6 is 0 Å². The molecule has 1 aliphatic heterocycles. The number of ether oxygens (including phenoxy) is 1. The number of hydrogen-bond acceptors (Lipinski definition) is 3. The third-order valence-electron chi connectivity index (χ3n) is 3.68. The smallest absolute Gasteiger partial charge is 0.211 e. The van der Waals surface area contributed by atoms with E-state index in [0.717, 1.165) is 45.3 Å². The molecular formula is C9H17NO3S. The van der Waals surface area contributed by atoms with Crippen LogP contribution in [0.5, 0.6) is 0 Å². The van der Waals surface area contributed by atoms with Gasteiger partial charge in [0.05, 0.1) is 5.25 Å². The zero-order valence-corrected chi connectivity index (χ0v) is 9.05. The summed E-state index contributed by atoms with van der Waals surface area (Å²) in [6, 6.07) is 0. The SMILES string of the molecule is NS(=O)(=O)C1CCC2(CCOCC2)C1. The van der Waals surface area contributed by atoms with Crippen LogP contribution in [-0.2, 0) is 14.8 Å². The number of hydrogen-bond donors (Lipinski definition) is 1. The Bertz CT molecular complexity index is 306. The molecule has 4 nitrogen and oxygen atoms in total. The fourth-order valence-corrected chi connectivity index (χ4v) is 3.73. The number of primary sulfonamides is 1. The first-order valence-corrected chi connectivity index (χ1v) is 6.72. The third kappa shape index (κ3) is 1.94. The highest BCUT2D eigenvalue weighted by atomic mass is 32.2. The van der Waals surface area contributed by atoms with Crippen molar-refractivity contribution in [3.8, 4) is 0 Å². The summed E-state index contributed by atoms with van der Waals surface area (Å²) >= 11 is 0. The third-order valence-corrected chi connectivity index (χ3v) is 5.01. The molecule has 0 aromatic rings. The van der Waals surface area contributed by atoms with Crippen molar-refractivity contribution in [1.29, 1.82) is 0 Å². The van der Waals surface area contributed by atoms with E-state index in [1.54, 1.807) is 0 Å². The molecular weight excluding hydrogens is 202 g/mol. The molecule has 0 aromatic heterocycles. The summed E-state index contributed by atoms with van der Waals surface area (Å²) in [4.78, 5) is 0. The minimum atomic E-state index is -3.32. The fraction of sp³-hybridized carbons (Fsp3) is 1.00. The van der Waals surface area contributed by atoms with Crippen LogP contribution < -0.4 is 5.14 Å². The molecule has 2 aliphatic rings. The van der Waals surface area contributed by atoms with E-state index in [1.807, 2.05) is 0 Å². The molecule has 1 saturated carbocycles. The summed E-state index contributed by atoms with van der Waals surface area (Å²) in [6.45, 7) is 1.55. The maximum atomic E-state index is 11.2. The molecule has 0 amide bonds. The lowest BCUT2D eigenvalue weighted by atomic mass is 9.79. The molecule has 2 rings (SSSR count). The Morgan fingerprint density at radius 1 is 1.21 bits per heavy atom. The lowest BCUT2D eigenvalue weighted by Crippen LogP contribution is -2.31. The molecule has 1 unspecified atom stereocenters. The van der Waals surface area contributed by atoms with Crippen LogP contribution in [0.2, 0.25) is 0 Å². The summed E-state index contributed by atoms with van der Waals surface area (Å²) in [7, 11) is -3.32. The maximum Gasteiger partial charge on any atom is 0.211 e. The van der Waals surface area contributed by atoms with Gasteiger partial charge in [-0.2, -0.15) is 0 Å². The summed E-state index contributed by atoms with van der Waals surface area (Å²) in [6.07, 6.45) is 4.48. The molecule has 82 valence electrons. The predicted molar refractivity (Wildman–Crippen MR) is 53.2 cm³/mol. The first-order valence-electron chi connectivity index (χ1n) is 5.11. The molecule has 1 spiro atoms. The van der Waals surface area contributed by atoms with Gasteiger partial charge in [-0.1, -0.05) is 0 Å². The molecule has 5 heteroatoms. The van der Waals surface area contributed by atoms with Gasteiger partial charge in [0, 0.05) is 13.2 Å². The van der Waals surface area contributed by atoms with Crippen LogP contribution in [-0.4, -0.2) is 26.9 Å². The van der Waals surface area contributed by atoms with Crippen molar-refractivity contribution in [3.63, 3.8) is 0 Å². The highest BCUT2D eigenvalue weighted by Crippen LogP contribution is 2.47. The summed E-state index contributed by atoms with van der Waals surface area (Å²) < 4.78 is 27.7. The molecule has 0 bridgehead atoms. The van der Waals surface area contributed by atoms with Gasteiger partial charge in [0.1, 0.15) is 0 Å². The van der Waals surface area contributed by atoms with Crippen molar-refractivity contribution in [3.05, 3.63) is 0 Å². The Kier molecular flexibility index (Phi) is 2.57. The predicted octanol–water partition coefficient (Wildman–Crippen LogP) is 0.624. The molecule has 0 radical (unpaired) electrons. The van der Waals surface area contributed by atoms with E-state index < -0.39 is 10.0 Å². The second-order valence-electron chi connectivity index (χ2n) is 4.57. The molecule has 1 atom stereocenters. The zero-order valence-electron chi connectivity index (χ0n) is 8.24. The van der Waals surface area contributed by atoms with Crippen molar-refractivity contribution >= 4 is 10.0 Å². The Balaban J connectivity index is 2.06. The second kappa shape index (κ2) is 3.47. The Hall–Kier alpha value is -0.130. The van der Waals surface area contributed by atoms with Crippen LogP contribution in [0.15, 0.2) is 0 Å². The lowest BCUT2D eigenvalue weighted by molar-refractivity contribution is 0.0183. The van der Waals surface area contributed by atoms with Gasteiger partial charge in [-0.3, -0.25) is 0 Å². The fourth-order valence-electron chi connectivity index (χ4n) is 2.69. The van der Waals surface area contributed by atoms with E-state index >= 15 is 0 Å². The van der Waals surface area contributed by atoms with Crippen molar-refractivity contribution in [2.75, 3.05) is 13.2 Å². The summed E-state index contributed by atoms with van der Waals surface area (Å²) in [5, 5.41) is 4.87. The summed E-state index contributed by atoms with van der Waals surface area (Å²) in [5.74, 6) is 0. The number of sulfonamides is 1. The van der Waals surface area contributed by atoms with E-state index in [2.05, 4.69) is 0 Å². The van der Waals surface area contributed by atoms with Gasteiger partial charge in [-0.15, -0.1) is 0 Å². The molecule has 14 heavy (non-hydrogen) atoms. The van der Waals surface area contributed by atoms with E-state index in [0.29, 0.717) is 0 Å². The first-order chi connectivity index (χ1) is 6.52. The second-order valence-corrected chi connectivity index (χ2v) is 6.41. The van der Waals surface area contributed by atoms with Crippen molar-refractivity contribution in [1.82, 2.24) is 0 Å². The van der Waals surface area contributed by atoms with E-state index in [-0.39, 0.29) is 10.7 Å². The summed E-state index contributed by atoms with van der Waals surface area (Å²) in [5.41, 5.74) is 0.218. The quantitative estimate of drug-likeness (QED) is 0.703. The first kappa shape index (κ1) is 10.4. The zero-order chi connectivity index (χ0) is 10.2. The van der Waals surface area contributed by atoms with Crippen LogP contribution in [0, 0.1) is 5.41 Å². The van der Waals surface area contributed by atoms with Gasteiger partial charge >= 0.3 is 0 Å². The van der Waals surface area contributed by atoms with Gasteiger partial charge < -0.3 is 4.74 Å². The van der Waals surface area contributed by atoms with E-state index in [4.69, 9.17) is 9.88 Å². The molecule has 1 heterocycles. The van der Waals surface area contributed by atoms with Crippen molar-refractivity contribution in [2.24, 2.45) is 10.6 Å². The largest absolute Gasteiger partial charge is 0.381 e. The van der Waals surface area contributed by atoms with Gasteiger partial charge in [-0.25, -0.2) is 13.6 Å². The van der Waals surface area contributed by atoms with Gasteiger partial charge in [-0.05, 0) is 37.5 Å². The lowest BCUT2D eigenvalue weighted by Gasteiger charge is -2.33. The Labute approximate surface area is 84.9 Å². The monoisotopic (exact) mass is 219 g/mol. The minimum absolute atomic E-state index is 0.218. The highest BCUT2D eigenvalue weighted by Gasteiger charge is 2.43. The van der Waals surface area contributed by atoms with E-state index in [1.165, 1.54) is 0 Å². The molecule has 2 fully saturated rings. The average Bonchev–Trinajstić information content (AvgIpc) is 2.50. The Morgan fingerprint density at radius 3 is 2.36 bits per heavy atom. The normalized spacial score (nSPS) is 32.2. The minimum Gasteiger partial charge on any atom is -0.381 e. The van der Waals surface area contributed by atoms with Crippen LogP contribution in [0.4, 0.5) is 0 Å². The van der Waals surface area contributed by atoms with Gasteiger partial charge in [0.25, 0.3) is 0 Å². The van der Waals surface area contributed by atoms with E-state index in [9.17, 15) is 8.42 Å². The topological polar surface area (TPSA) is 69.4 Å². The number of rotatable bonds is 1. The van der Waals surface area contributed by atoms with Gasteiger partial charge in [0.2, 0.25) is 10.0 Å². The average molecular weight is 219 g/mol. The highest BCUT2D eigenvalue weighted by molar-refractivity contribution is 7.89. The standard InChI is InChI=1S/C9H17NO3S/c10-14(11,12)8-1-2-9(7-8)3-5-13-6-4-9/h8H,1-7H2,(H2,10,11,12). The Morgan fingerprint density at radius 2 is 1.86 bits per heavy atom. The van der Waals surface area contributed by atoms with Crippen LogP contribution in [0.25, 0.3) is 0 Å². The molecule has 2 N–H and O–H groups in total.